The zero-order valence-electron chi connectivity index (χ0n) is 7.85. The van der Waals surface area contributed by atoms with Crippen LogP contribution in [0.3, 0.4) is 0 Å². The average Bonchev–Trinajstić information content (AvgIpc) is 2.75. The molecular formula is C10H13BrN2O. The Morgan fingerprint density at radius 3 is 2.79 bits per heavy atom. The van der Waals surface area contributed by atoms with Crippen LogP contribution in [0.2, 0.25) is 0 Å². The molecule has 0 atom stereocenters. The van der Waals surface area contributed by atoms with Crippen LogP contribution in [0.1, 0.15) is 36.2 Å². The summed E-state index contributed by atoms with van der Waals surface area (Å²) >= 11 is 3.30. The van der Waals surface area contributed by atoms with Gasteiger partial charge in [0.25, 0.3) is 5.91 Å². The van der Waals surface area contributed by atoms with E-state index in [-0.39, 0.29) is 5.91 Å². The number of rotatable bonds is 2. The van der Waals surface area contributed by atoms with Crippen molar-refractivity contribution in [2.24, 2.45) is 0 Å². The van der Waals surface area contributed by atoms with Crippen LogP contribution in [-0.4, -0.2) is 16.9 Å². The molecule has 0 bridgehead atoms. The number of H-pyrrole nitrogens is 1. The summed E-state index contributed by atoms with van der Waals surface area (Å²) in [7, 11) is 0. The summed E-state index contributed by atoms with van der Waals surface area (Å²) in [4.78, 5) is 14.6. The van der Waals surface area contributed by atoms with E-state index in [9.17, 15) is 4.79 Å². The SMILES string of the molecule is O=C(NC1CCCC1)c1cc(Br)c[nH]1. The summed E-state index contributed by atoms with van der Waals surface area (Å²) in [5, 5.41) is 3.02. The largest absolute Gasteiger partial charge is 0.356 e. The fraction of sp³-hybridized carbons (Fsp3) is 0.500. The Kier molecular flexibility index (Phi) is 2.91. The van der Waals surface area contributed by atoms with E-state index in [1.165, 1.54) is 12.8 Å². The van der Waals surface area contributed by atoms with Crippen LogP contribution in [-0.2, 0) is 0 Å². The molecule has 2 rings (SSSR count). The molecule has 1 aromatic rings. The summed E-state index contributed by atoms with van der Waals surface area (Å²) in [5.74, 6) is 0.00241. The molecule has 1 heterocycles. The van der Waals surface area contributed by atoms with E-state index in [0.29, 0.717) is 11.7 Å². The van der Waals surface area contributed by atoms with Crippen molar-refractivity contribution in [2.75, 3.05) is 0 Å². The fourth-order valence-electron chi connectivity index (χ4n) is 1.83. The molecule has 3 nitrogen and oxygen atoms in total. The van der Waals surface area contributed by atoms with Crippen molar-refractivity contribution in [2.45, 2.75) is 31.7 Å². The van der Waals surface area contributed by atoms with E-state index in [2.05, 4.69) is 26.2 Å². The number of aromatic amines is 1. The van der Waals surface area contributed by atoms with Crippen LogP contribution in [0.5, 0.6) is 0 Å². The minimum absolute atomic E-state index is 0.00241. The predicted molar refractivity (Wildman–Crippen MR) is 58.2 cm³/mol. The maximum Gasteiger partial charge on any atom is 0.267 e. The lowest BCUT2D eigenvalue weighted by atomic mass is 10.2. The minimum Gasteiger partial charge on any atom is -0.356 e. The molecule has 1 amide bonds. The second-order valence-electron chi connectivity index (χ2n) is 3.69. The van der Waals surface area contributed by atoms with Crippen LogP contribution >= 0.6 is 15.9 Å². The van der Waals surface area contributed by atoms with Crippen LogP contribution in [0.15, 0.2) is 16.7 Å². The Labute approximate surface area is 91.4 Å². The standard InChI is InChI=1S/C10H13BrN2O/c11-7-5-9(12-6-7)10(14)13-8-3-1-2-4-8/h5-6,8,12H,1-4H2,(H,13,14). The van der Waals surface area contributed by atoms with Gasteiger partial charge in [0.1, 0.15) is 5.69 Å². The summed E-state index contributed by atoms with van der Waals surface area (Å²) in [6.45, 7) is 0. The van der Waals surface area contributed by atoms with Crippen molar-refractivity contribution in [3.63, 3.8) is 0 Å². The Balaban J connectivity index is 1.95. The number of nitrogens with one attached hydrogen (secondary N) is 2. The number of carbonyl (C=O) groups excluding carboxylic acids is 1. The van der Waals surface area contributed by atoms with Crippen molar-refractivity contribution in [1.29, 1.82) is 0 Å². The number of aromatic nitrogens is 1. The normalized spacial score (nSPS) is 17.2. The molecule has 0 aromatic carbocycles. The molecule has 2 N–H and O–H groups in total. The quantitative estimate of drug-likeness (QED) is 0.839. The van der Waals surface area contributed by atoms with Gasteiger partial charge in [0.05, 0.1) is 0 Å². The first kappa shape index (κ1) is 9.77. The molecule has 1 aliphatic rings. The summed E-state index contributed by atoms with van der Waals surface area (Å²) in [5.41, 5.74) is 0.628. The maximum absolute atomic E-state index is 11.7. The highest BCUT2D eigenvalue weighted by Crippen LogP contribution is 2.18. The second kappa shape index (κ2) is 4.17. The van der Waals surface area contributed by atoms with E-state index in [1.807, 2.05) is 0 Å². The predicted octanol–water partition coefficient (Wildman–Crippen LogP) is 2.45. The lowest BCUT2D eigenvalue weighted by molar-refractivity contribution is 0.0933. The molecule has 1 aromatic heterocycles. The molecule has 1 aliphatic carbocycles. The number of carbonyl (C=O) groups is 1. The van der Waals surface area contributed by atoms with Gasteiger partial charge in [0, 0.05) is 16.7 Å². The first-order valence-electron chi connectivity index (χ1n) is 4.90. The summed E-state index contributed by atoms with van der Waals surface area (Å²) in [6.07, 6.45) is 6.48. The van der Waals surface area contributed by atoms with Gasteiger partial charge in [-0.15, -0.1) is 0 Å². The number of hydrogen-bond acceptors (Lipinski definition) is 1. The van der Waals surface area contributed by atoms with Crippen molar-refractivity contribution >= 4 is 21.8 Å². The number of hydrogen-bond donors (Lipinski definition) is 2. The molecule has 14 heavy (non-hydrogen) atoms. The van der Waals surface area contributed by atoms with E-state index in [0.717, 1.165) is 17.3 Å². The van der Waals surface area contributed by atoms with Gasteiger partial charge in [-0.1, -0.05) is 12.8 Å². The molecule has 0 unspecified atom stereocenters. The van der Waals surface area contributed by atoms with Crippen LogP contribution in [0.4, 0.5) is 0 Å². The first-order chi connectivity index (χ1) is 6.75. The fourth-order valence-corrected chi connectivity index (χ4v) is 2.18. The zero-order valence-corrected chi connectivity index (χ0v) is 9.43. The van der Waals surface area contributed by atoms with Gasteiger partial charge in [0.2, 0.25) is 0 Å². The smallest absolute Gasteiger partial charge is 0.267 e. The van der Waals surface area contributed by atoms with Gasteiger partial charge in [-0.2, -0.15) is 0 Å². The average molecular weight is 257 g/mol. The Morgan fingerprint density at radius 1 is 1.50 bits per heavy atom. The third-order valence-corrected chi connectivity index (χ3v) is 3.04. The molecule has 0 spiro atoms. The molecule has 1 fully saturated rings. The van der Waals surface area contributed by atoms with Crippen molar-refractivity contribution in [3.05, 3.63) is 22.4 Å². The van der Waals surface area contributed by atoms with Gasteiger partial charge in [0.15, 0.2) is 0 Å². The number of amides is 1. The van der Waals surface area contributed by atoms with E-state index in [4.69, 9.17) is 0 Å². The lowest BCUT2D eigenvalue weighted by Gasteiger charge is -2.10. The zero-order chi connectivity index (χ0) is 9.97. The van der Waals surface area contributed by atoms with Crippen LogP contribution < -0.4 is 5.32 Å². The highest BCUT2D eigenvalue weighted by atomic mass is 79.9. The highest BCUT2D eigenvalue weighted by molar-refractivity contribution is 9.10. The Bertz CT molecular complexity index is 329. The van der Waals surface area contributed by atoms with Crippen LogP contribution in [0, 0.1) is 0 Å². The van der Waals surface area contributed by atoms with E-state index < -0.39 is 0 Å². The third-order valence-electron chi connectivity index (χ3n) is 2.58. The van der Waals surface area contributed by atoms with Crippen molar-refractivity contribution < 1.29 is 4.79 Å². The van der Waals surface area contributed by atoms with E-state index >= 15 is 0 Å². The van der Waals surface area contributed by atoms with Gasteiger partial charge in [-0.05, 0) is 34.8 Å². The minimum atomic E-state index is 0.00241. The molecular weight excluding hydrogens is 244 g/mol. The molecule has 0 radical (unpaired) electrons. The molecule has 4 heteroatoms. The van der Waals surface area contributed by atoms with Crippen molar-refractivity contribution in [3.8, 4) is 0 Å². The Hall–Kier alpha value is -0.770. The van der Waals surface area contributed by atoms with Gasteiger partial charge < -0.3 is 10.3 Å². The maximum atomic E-state index is 11.7. The highest BCUT2D eigenvalue weighted by Gasteiger charge is 2.18. The van der Waals surface area contributed by atoms with Crippen LogP contribution in [0.25, 0.3) is 0 Å². The summed E-state index contributed by atoms with van der Waals surface area (Å²) in [6, 6.07) is 2.18. The van der Waals surface area contributed by atoms with Gasteiger partial charge >= 0.3 is 0 Å². The third kappa shape index (κ3) is 2.18. The van der Waals surface area contributed by atoms with Crippen molar-refractivity contribution in [1.82, 2.24) is 10.3 Å². The first-order valence-corrected chi connectivity index (χ1v) is 5.70. The molecule has 76 valence electrons. The molecule has 1 saturated carbocycles. The second-order valence-corrected chi connectivity index (χ2v) is 4.60. The summed E-state index contributed by atoms with van der Waals surface area (Å²) < 4.78 is 0.911. The monoisotopic (exact) mass is 256 g/mol. The van der Waals surface area contributed by atoms with Gasteiger partial charge in [-0.3, -0.25) is 4.79 Å². The molecule has 0 saturated heterocycles. The Morgan fingerprint density at radius 2 is 2.21 bits per heavy atom. The topological polar surface area (TPSA) is 44.9 Å². The van der Waals surface area contributed by atoms with E-state index in [1.54, 1.807) is 12.3 Å². The number of halogens is 1. The van der Waals surface area contributed by atoms with Gasteiger partial charge in [-0.25, -0.2) is 0 Å². The lowest BCUT2D eigenvalue weighted by Crippen LogP contribution is -2.32. The molecule has 0 aliphatic heterocycles.